The maximum Gasteiger partial charge on any atom is 0.407 e. The molecule has 1 unspecified atom stereocenters. The summed E-state index contributed by atoms with van der Waals surface area (Å²) in [4.78, 5) is 11.6. The van der Waals surface area contributed by atoms with E-state index >= 15 is 0 Å². The maximum atomic E-state index is 11.6. The van der Waals surface area contributed by atoms with E-state index in [0.29, 0.717) is 19.5 Å². The first kappa shape index (κ1) is 16.3. The molecule has 1 aromatic carbocycles. The van der Waals surface area contributed by atoms with Gasteiger partial charge in [-0.25, -0.2) is 4.79 Å². The average molecular weight is 280 g/mol. The molecule has 1 rings (SSSR count). The number of aromatic hydroxyl groups is 1. The van der Waals surface area contributed by atoms with Crippen LogP contribution in [-0.4, -0.2) is 29.9 Å². The Kier molecular flexibility index (Phi) is 5.82. The van der Waals surface area contributed by atoms with Crippen LogP contribution < -0.4 is 11.1 Å². The summed E-state index contributed by atoms with van der Waals surface area (Å²) in [5.74, 6) is 0.336. The van der Waals surface area contributed by atoms with Crippen molar-refractivity contribution in [2.45, 2.75) is 32.8 Å². The molecule has 20 heavy (non-hydrogen) atoms. The molecule has 1 aromatic rings. The molecular formula is C15H24N2O3. The van der Waals surface area contributed by atoms with Gasteiger partial charge in [-0.2, -0.15) is 0 Å². The number of ether oxygens (including phenoxy) is 1. The molecule has 0 aliphatic carbocycles. The fourth-order valence-corrected chi connectivity index (χ4v) is 1.80. The van der Waals surface area contributed by atoms with Gasteiger partial charge in [-0.05, 0) is 57.4 Å². The van der Waals surface area contributed by atoms with E-state index in [1.807, 2.05) is 26.8 Å². The van der Waals surface area contributed by atoms with E-state index in [4.69, 9.17) is 10.5 Å². The molecule has 1 atom stereocenters. The number of phenolic OH excluding ortho intramolecular Hbond substituents is 1. The second kappa shape index (κ2) is 7.14. The van der Waals surface area contributed by atoms with Crippen molar-refractivity contribution in [2.24, 2.45) is 11.7 Å². The van der Waals surface area contributed by atoms with Gasteiger partial charge in [-0.1, -0.05) is 12.1 Å². The molecule has 0 heterocycles. The zero-order valence-corrected chi connectivity index (χ0v) is 12.3. The van der Waals surface area contributed by atoms with Crippen molar-refractivity contribution in [3.8, 4) is 5.75 Å². The fourth-order valence-electron chi connectivity index (χ4n) is 1.80. The smallest absolute Gasteiger partial charge is 0.407 e. The Morgan fingerprint density at radius 3 is 2.70 bits per heavy atom. The molecule has 0 saturated carbocycles. The van der Waals surface area contributed by atoms with Crippen LogP contribution in [0.1, 0.15) is 26.3 Å². The molecule has 5 heteroatoms. The Bertz CT molecular complexity index is 441. The van der Waals surface area contributed by atoms with E-state index in [9.17, 15) is 9.90 Å². The number of carbonyl (C=O) groups is 1. The third kappa shape index (κ3) is 6.43. The fraction of sp³-hybridized carbons (Fsp3) is 0.533. The van der Waals surface area contributed by atoms with Crippen molar-refractivity contribution in [2.75, 3.05) is 13.1 Å². The third-order valence-corrected chi connectivity index (χ3v) is 2.70. The van der Waals surface area contributed by atoms with Gasteiger partial charge in [-0.3, -0.25) is 0 Å². The molecule has 0 fully saturated rings. The van der Waals surface area contributed by atoms with Crippen LogP contribution in [0.4, 0.5) is 4.79 Å². The first-order chi connectivity index (χ1) is 9.30. The predicted octanol–water partition coefficient (Wildman–Crippen LogP) is 2.03. The molecule has 5 nitrogen and oxygen atoms in total. The van der Waals surface area contributed by atoms with E-state index in [1.54, 1.807) is 18.2 Å². The van der Waals surface area contributed by atoms with E-state index in [0.717, 1.165) is 5.56 Å². The van der Waals surface area contributed by atoms with Crippen molar-refractivity contribution in [3.05, 3.63) is 29.8 Å². The lowest BCUT2D eigenvalue weighted by Gasteiger charge is -2.21. The summed E-state index contributed by atoms with van der Waals surface area (Å²) in [6, 6.07) is 7.05. The van der Waals surface area contributed by atoms with Gasteiger partial charge in [0.15, 0.2) is 0 Å². The van der Waals surface area contributed by atoms with Gasteiger partial charge in [-0.15, -0.1) is 0 Å². The van der Waals surface area contributed by atoms with Gasteiger partial charge in [0.2, 0.25) is 0 Å². The number of phenols is 1. The average Bonchev–Trinajstić information content (AvgIpc) is 2.32. The normalized spacial score (nSPS) is 12.8. The van der Waals surface area contributed by atoms with Gasteiger partial charge < -0.3 is 20.9 Å². The van der Waals surface area contributed by atoms with Gasteiger partial charge in [0.1, 0.15) is 11.4 Å². The zero-order chi connectivity index (χ0) is 15.2. The van der Waals surface area contributed by atoms with Crippen LogP contribution in [0.3, 0.4) is 0 Å². The predicted molar refractivity (Wildman–Crippen MR) is 78.6 cm³/mol. The topological polar surface area (TPSA) is 84.6 Å². The SMILES string of the molecule is CC(C)(C)OC(=O)NCC(CN)Cc1cccc(O)c1. The molecule has 0 saturated heterocycles. The third-order valence-electron chi connectivity index (χ3n) is 2.70. The quantitative estimate of drug-likeness (QED) is 0.770. The number of carbonyl (C=O) groups excluding carboxylic acids is 1. The van der Waals surface area contributed by atoms with Crippen molar-refractivity contribution in [3.63, 3.8) is 0 Å². The van der Waals surface area contributed by atoms with E-state index in [-0.39, 0.29) is 11.7 Å². The van der Waals surface area contributed by atoms with Crippen molar-refractivity contribution >= 4 is 6.09 Å². The molecule has 1 amide bonds. The van der Waals surface area contributed by atoms with Gasteiger partial charge >= 0.3 is 6.09 Å². The summed E-state index contributed by atoms with van der Waals surface area (Å²) in [6.45, 7) is 6.35. The molecule has 0 bridgehead atoms. The van der Waals surface area contributed by atoms with Crippen LogP contribution >= 0.6 is 0 Å². The minimum atomic E-state index is -0.506. The molecular weight excluding hydrogens is 256 g/mol. The van der Waals surface area contributed by atoms with E-state index in [1.165, 1.54) is 0 Å². The molecule has 0 spiro atoms. The number of nitrogens with two attached hydrogens (primary N) is 1. The van der Waals surface area contributed by atoms with Crippen molar-refractivity contribution in [1.82, 2.24) is 5.32 Å². The molecule has 0 aromatic heterocycles. The minimum absolute atomic E-state index is 0.101. The van der Waals surface area contributed by atoms with Crippen LogP contribution in [0, 0.1) is 5.92 Å². The van der Waals surface area contributed by atoms with E-state index in [2.05, 4.69) is 5.32 Å². The summed E-state index contributed by atoms with van der Waals surface area (Å²) in [5, 5.41) is 12.1. The summed E-state index contributed by atoms with van der Waals surface area (Å²) < 4.78 is 5.17. The number of benzene rings is 1. The van der Waals surface area contributed by atoms with Gasteiger partial charge in [0.05, 0.1) is 0 Å². The Labute approximate surface area is 120 Å². The molecule has 0 aliphatic rings. The number of amides is 1. The first-order valence-electron chi connectivity index (χ1n) is 6.75. The second-order valence-electron chi connectivity index (χ2n) is 5.86. The standard InChI is InChI=1S/C15H24N2O3/c1-15(2,3)20-14(19)17-10-12(9-16)7-11-5-4-6-13(18)8-11/h4-6,8,12,18H,7,9-10,16H2,1-3H3,(H,17,19). The van der Waals surface area contributed by atoms with Gasteiger partial charge in [0.25, 0.3) is 0 Å². The highest BCUT2D eigenvalue weighted by Crippen LogP contribution is 2.14. The number of hydrogen-bond acceptors (Lipinski definition) is 4. The Morgan fingerprint density at radius 2 is 2.15 bits per heavy atom. The molecule has 112 valence electrons. The monoisotopic (exact) mass is 280 g/mol. The summed E-state index contributed by atoms with van der Waals surface area (Å²) in [6.07, 6.45) is 0.257. The van der Waals surface area contributed by atoms with Crippen LogP contribution in [0.5, 0.6) is 5.75 Å². The molecule has 4 N–H and O–H groups in total. The Hall–Kier alpha value is -1.75. The van der Waals surface area contributed by atoms with Crippen LogP contribution in [-0.2, 0) is 11.2 Å². The number of nitrogens with one attached hydrogen (secondary N) is 1. The highest BCUT2D eigenvalue weighted by Gasteiger charge is 2.17. The number of hydrogen-bond donors (Lipinski definition) is 3. The van der Waals surface area contributed by atoms with Crippen molar-refractivity contribution in [1.29, 1.82) is 0 Å². The van der Waals surface area contributed by atoms with Crippen molar-refractivity contribution < 1.29 is 14.6 Å². The molecule has 0 radical (unpaired) electrons. The van der Waals surface area contributed by atoms with Crippen LogP contribution in [0.25, 0.3) is 0 Å². The lowest BCUT2D eigenvalue weighted by Crippen LogP contribution is -2.37. The Balaban J connectivity index is 2.46. The second-order valence-corrected chi connectivity index (χ2v) is 5.86. The minimum Gasteiger partial charge on any atom is -0.508 e. The maximum absolute atomic E-state index is 11.6. The summed E-state index contributed by atoms with van der Waals surface area (Å²) >= 11 is 0. The number of alkyl carbamates (subject to hydrolysis) is 1. The van der Waals surface area contributed by atoms with Crippen LogP contribution in [0.15, 0.2) is 24.3 Å². The summed E-state index contributed by atoms with van der Waals surface area (Å²) in [5.41, 5.74) is 6.20. The first-order valence-corrected chi connectivity index (χ1v) is 6.75. The summed E-state index contributed by atoms with van der Waals surface area (Å²) in [7, 11) is 0. The highest BCUT2D eigenvalue weighted by molar-refractivity contribution is 5.67. The van der Waals surface area contributed by atoms with Crippen LogP contribution in [0.2, 0.25) is 0 Å². The Morgan fingerprint density at radius 1 is 1.45 bits per heavy atom. The zero-order valence-electron chi connectivity index (χ0n) is 12.3. The lowest BCUT2D eigenvalue weighted by atomic mass is 9.99. The lowest BCUT2D eigenvalue weighted by molar-refractivity contribution is 0.0520. The van der Waals surface area contributed by atoms with Gasteiger partial charge in [0, 0.05) is 6.54 Å². The largest absolute Gasteiger partial charge is 0.508 e. The molecule has 0 aliphatic heterocycles. The number of rotatable bonds is 5. The highest BCUT2D eigenvalue weighted by atomic mass is 16.6. The van der Waals surface area contributed by atoms with E-state index < -0.39 is 11.7 Å².